The minimum atomic E-state index is -0.246. The average Bonchev–Trinajstić information content (AvgIpc) is 3.39. The molecule has 2 amide bonds. The molecule has 0 bridgehead atoms. The number of benzene rings is 2. The molecule has 38 heavy (non-hydrogen) atoms. The van der Waals surface area contributed by atoms with Gasteiger partial charge in [0.05, 0.1) is 6.54 Å². The van der Waals surface area contributed by atoms with Crippen molar-refractivity contribution in [1.82, 2.24) is 14.4 Å². The van der Waals surface area contributed by atoms with Crippen molar-refractivity contribution in [1.29, 1.82) is 0 Å². The van der Waals surface area contributed by atoms with E-state index in [0.29, 0.717) is 25.2 Å². The fraction of sp³-hybridized carbons (Fsp3) is 0.438. The van der Waals surface area contributed by atoms with Crippen molar-refractivity contribution >= 4 is 11.8 Å². The van der Waals surface area contributed by atoms with Crippen molar-refractivity contribution in [3.63, 3.8) is 0 Å². The molecule has 0 aliphatic heterocycles. The van der Waals surface area contributed by atoms with Crippen LogP contribution in [0.3, 0.4) is 0 Å². The molecule has 4 rings (SSSR count). The van der Waals surface area contributed by atoms with Gasteiger partial charge in [0.25, 0.3) is 5.91 Å². The normalized spacial score (nSPS) is 13.8. The van der Waals surface area contributed by atoms with Crippen LogP contribution in [0.25, 0.3) is 0 Å². The Labute approximate surface area is 226 Å². The predicted molar refractivity (Wildman–Crippen MR) is 149 cm³/mol. The smallest absolute Gasteiger partial charge is 0.254 e. The van der Waals surface area contributed by atoms with E-state index in [-0.39, 0.29) is 30.2 Å². The molecule has 202 valence electrons. The van der Waals surface area contributed by atoms with E-state index >= 15 is 0 Å². The van der Waals surface area contributed by atoms with E-state index in [2.05, 4.69) is 17.6 Å². The second-order valence-corrected chi connectivity index (χ2v) is 10.4. The number of hydrogen-bond acceptors (Lipinski definition) is 2. The summed E-state index contributed by atoms with van der Waals surface area (Å²) in [6.45, 7) is 3.92. The molecular formula is C32H40FN3O2. The number of hydrogen-bond donors (Lipinski definition) is 0. The predicted octanol–water partition coefficient (Wildman–Crippen LogP) is 6.67. The Kier molecular flexibility index (Phi) is 10.1. The Balaban J connectivity index is 1.53. The molecule has 1 aliphatic carbocycles. The topological polar surface area (TPSA) is 45.6 Å². The van der Waals surface area contributed by atoms with Crippen molar-refractivity contribution in [2.24, 2.45) is 0 Å². The summed E-state index contributed by atoms with van der Waals surface area (Å²) in [5.41, 5.74) is 2.67. The highest BCUT2D eigenvalue weighted by Gasteiger charge is 2.29. The summed E-state index contributed by atoms with van der Waals surface area (Å²) in [5.74, 6) is -0.324. The van der Waals surface area contributed by atoms with Gasteiger partial charge in [0.1, 0.15) is 12.4 Å². The summed E-state index contributed by atoms with van der Waals surface area (Å²) in [6.07, 6.45) is 10.4. The molecule has 1 heterocycles. The Morgan fingerprint density at radius 1 is 0.921 bits per heavy atom. The lowest BCUT2D eigenvalue weighted by Crippen LogP contribution is -2.47. The SMILES string of the molecule is CCCCCN(CC(=O)N(Cc1cccn1Cc1ccc(F)cc1)C1CCCCC1)C(=O)c1ccccc1. The fourth-order valence-corrected chi connectivity index (χ4v) is 5.34. The van der Waals surface area contributed by atoms with Crippen molar-refractivity contribution in [2.45, 2.75) is 77.4 Å². The van der Waals surface area contributed by atoms with E-state index in [0.717, 1.165) is 56.2 Å². The van der Waals surface area contributed by atoms with Gasteiger partial charge in [-0.1, -0.05) is 69.4 Å². The first-order valence-corrected chi connectivity index (χ1v) is 14.1. The number of aromatic nitrogens is 1. The fourth-order valence-electron chi connectivity index (χ4n) is 5.34. The highest BCUT2D eigenvalue weighted by atomic mass is 19.1. The van der Waals surface area contributed by atoms with Crippen LogP contribution in [0.1, 0.15) is 79.9 Å². The number of amides is 2. The standard InChI is InChI=1S/C32H40FN3O2/c1-2-3-10-21-35(32(38)27-12-6-4-7-13-27)25-31(37)36(29-14-8-5-9-15-29)24-30-16-11-22-34(30)23-26-17-19-28(33)20-18-26/h4,6-7,11-13,16-20,22,29H,2-3,5,8-10,14-15,21,23-25H2,1H3. The monoisotopic (exact) mass is 517 g/mol. The molecule has 0 saturated heterocycles. The first-order chi connectivity index (χ1) is 18.5. The molecule has 0 spiro atoms. The zero-order valence-corrected chi connectivity index (χ0v) is 22.5. The summed E-state index contributed by atoms with van der Waals surface area (Å²) < 4.78 is 15.5. The van der Waals surface area contributed by atoms with Gasteiger partial charge < -0.3 is 14.4 Å². The van der Waals surface area contributed by atoms with Gasteiger partial charge in [-0.3, -0.25) is 9.59 Å². The molecule has 0 atom stereocenters. The van der Waals surface area contributed by atoms with Gasteiger partial charge >= 0.3 is 0 Å². The molecule has 0 radical (unpaired) electrons. The highest BCUT2D eigenvalue weighted by molar-refractivity contribution is 5.96. The minimum Gasteiger partial charge on any atom is -0.345 e. The largest absolute Gasteiger partial charge is 0.345 e. The van der Waals surface area contributed by atoms with Gasteiger partial charge in [0.2, 0.25) is 5.91 Å². The number of carbonyl (C=O) groups is 2. The molecule has 1 saturated carbocycles. The van der Waals surface area contributed by atoms with E-state index in [1.54, 1.807) is 17.0 Å². The van der Waals surface area contributed by atoms with Gasteiger partial charge in [0.15, 0.2) is 0 Å². The number of rotatable bonds is 12. The molecule has 3 aromatic rings. The van der Waals surface area contributed by atoms with Crippen LogP contribution >= 0.6 is 0 Å². The van der Waals surface area contributed by atoms with Gasteiger partial charge in [0, 0.05) is 36.6 Å². The number of nitrogens with zero attached hydrogens (tertiary/aromatic N) is 3. The number of unbranched alkanes of at least 4 members (excludes halogenated alkanes) is 2. The molecule has 0 N–H and O–H groups in total. The lowest BCUT2D eigenvalue weighted by Gasteiger charge is -2.36. The van der Waals surface area contributed by atoms with Gasteiger partial charge in [-0.25, -0.2) is 4.39 Å². The Morgan fingerprint density at radius 3 is 2.37 bits per heavy atom. The van der Waals surface area contributed by atoms with Crippen LogP contribution in [0.15, 0.2) is 72.9 Å². The van der Waals surface area contributed by atoms with E-state index in [4.69, 9.17) is 0 Å². The third kappa shape index (κ3) is 7.56. The van der Waals surface area contributed by atoms with Crippen molar-refractivity contribution < 1.29 is 14.0 Å². The molecule has 0 unspecified atom stereocenters. The zero-order chi connectivity index (χ0) is 26.7. The van der Waals surface area contributed by atoms with E-state index in [1.807, 2.05) is 47.5 Å². The second-order valence-electron chi connectivity index (χ2n) is 10.4. The van der Waals surface area contributed by atoms with Crippen LogP contribution < -0.4 is 0 Å². The summed E-state index contributed by atoms with van der Waals surface area (Å²) in [7, 11) is 0. The maximum Gasteiger partial charge on any atom is 0.254 e. The summed E-state index contributed by atoms with van der Waals surface area (Å²) in [5, 5.41) is 0. The van der Waals surface area contributed by atoms with Crippen LogP contribution in [0, 0.1) is 5.82 Å². The minimum absolute atomic E-state index is 0.00668. The number of carbonyl (C=O) groups excluding carboxylic acids is 2. The second kappa shape index (κ2) is 13.9. The Hall–Kier alpha value is -3.41. The molecule has 6 heteroatoms. The Bertz CT molecular complexity index is 1150. The van der Waals surface area contributed by atoms with Gasteiger partial charge in [-0.05, 0) is 61.2 Å². The molecule has 2 aromatic carbocycles. The van der Waals surface area contributed by atoms with Gasteiger partial charge in [-0.2, -0.15) is 0 Å². The quantitative estimate of drug-likeness (QED) is 0.252. The maximum atomic E-state index is 13.9. The van der Waals surface area contributed by atoms with Crippen molar-refractivity contribution in [3.05, 3.63) is 95.6 Å². The first kappa shape index (κ1) is 27.6. The van der Waals surface area contributed by atoms with Crippen LogP contribution in [0.2, 0.25) is 0 Å². The lowest BCUT2D eigenvalue weighted by molar-refractivity contribution is -0.135. The van der Waals surface area contributed by atoms with Gasteiger partial charge in [-0.15, -0.1) is 0 Å². The van der Waals surface area contributed by atoms with E-state index in [9.17, 15) is 14.0 Å². The summed E-state index contributed by atoms with van der Waals surface area (Å²) >= 11 is 0. The van der Waals surface area contributed by atoms with Crippen molar-refractivity contribution in [2.75, 3.05) is 13.1 Å². The van der Waals surface area contributed by atoms with Crippen molar-refractivity contribution in [3.8, 4) is 0 Å². The third-order valence-corrected chi connectivity index (χ3v) is 7.52. The molecule has 1 aromatic heterocycles. The summed E-state index contributed by atoms with van der Waals surface area (Å²) in [4.78, 5) is 31.1. The van der Waals surface area contributed by atoms with Crippen LogP contribution in [-0.2, 0) is 17.9 Å². The van der Waals surface area contributed by atoms with E-state index in [1.165, 1.54) is 18.6 Å². The highest BCUT2D eigenvalue weighted by Crippen LogP contribution is 2.25. The van der Waals surface area contributed by atoms with Crippen LogP contribution in [0.4, 0.5) is 4.39 Å². The zero-order valence-electron chi connectivity index (χ0n) is 22.5. The summed E-state index contributed by atoms with van der Waals surface area (Å²) in [6, 6.07) is 20.1. The third-order valence-electron chi connectivity index (χ3n) is 7.52. The number of halogens is 1. The average molecular weight is 518 g/mol. The molecular weight excluding hydrogens is 477 g/mol. The van der Waals surface area contributed by atoms with Crippen LogP contribution in [-0.4, -0.2) is 45.3 Å². The lowest BCUT2D eigenvalue weighted by atomic mass is 9.94. The van der Waals surface area contributed by atoms with E-state index < -0.39 is 0 Å². The Morgan fingerprint density at radius 2 is 1.66 bits per heavy atom. The maximum absolute atomic E-state index is 13.9. The first-order valence-electron chi connectivity index (χ1n) is 14.1. The van der Waals surface area contributed by atoms with Crippen LogP contribution in [0.5, 0.6) is 0 Å². The molecule has 5 nitrogen and oxygen atoms in total. The molecule has 1 aliphatic rings. The molecule has 1 fully saturated rings.